The summed E-state index contributed by atoms with van der Waals surface area (Å²) in [7, 11) is 0. The molecule has 1 N–H and O–H groups in total. The first-order valence-corrected chi connectivity index (χ1v) is 8.62. The SMILES string of the molecule is O=C(O)[C@H]1CCCN(C(=O)Cc2csc(-c3cccc(F)c3)n2)C1. The number of aromatic nitrogens is 1. The molecule has 7 heteroatoms. The topological polar surface area (TPSA) is 70.5 Å². The third-order valence-corrected chi connectivity index (χ3v) is 5.02. The minimum Gasteiger partial charge on any atom is -0.481 e. The van der Waals surface area contributed by atoms with E-state index in [4.69, 9.17) is 5.11 Å². The molecule has 0 spiro atoms. The van der Waals surface area contributed by atoms with Crippen molar-refractivity contribution in [3.8, 4) is 10.6 Å². The third-order valence-electron chi connectivity index (χ3n) is 4.08. The number of halogens is 1. The standard InChI is InChI=1S/C17H17FN2O3S/c18-13-5-1-3-11(7-13)16-19-14(10-24-16)8-15(21)20-6-2-4-12(9-20)17(22)23/h1,3,5,7,10,12H,2,4,6,8-9H2,(H,22,23)/t12-/m0/s1. The molecule has 126 valence electrons. The molecule has 1 fully saturated rings. The lowest BCUT2D eigenvalue weighted by molar-refractivity contribution is -0.145. The van der Waals surface area contributed by atoms with Crippen molar-refractivity contribution >= 4 is 23.2 Å². The molecule has 1 aliphatic rings. The number of amides is 1. The number of rotatable bonds is 4. The second-order valence-corrected chi connectivity index (χ2v) is 6.71. The summed E-state index contributed by atoms with van der Waals surface area (Å²) in [6, 6.07) is 6.18. The van der Waals surface area contributed by atoms with Gasteiger partial charge in [-0.1, -0.05) is 12.1 Å². The fraction of sp³-hybridized carbons (Fsp3) is 0.353. The van der Waals surface area contributed by atoms with Gasteiger partial charge in [-0.05, 0) is 25.0 Å². The second kappa shape index (κ2) is 7.09. The highest BCUT2D eigenvalue weighted by Gasteiger charge is 2.28. The molecule has 0 aliphatic carbocycles. The number of carboxylic acids is 1. The molecule has 0 saturated carbocycles. The third kappa shape index (κ3) is 3.79. The molecule has 1 aromatic carbocycles. The molecular formula is C17H17FN2O3S. The summed E-state index contributed by atoms with van der Waals surface area (Å²) < 4.78 is 13.3. The summed E-state index contributed by atoms with van der Waals surface area (Å²) in [6.07, 6.45) is 1.45. The van der Waals surface area contributed by atoms with E-state index < -0.39 is 11.9 Å². The summed E-state index contributed by atoms with van der Waals surface area (Å²) in [5.41, 5.74) is 1.31. The van der Waals surface area contributed by atoms with E-state index in [0.717, 1.165) is 0 Å². The van der Waals surface area contributed by atoms with Gasteiger partial charge in [-0.25, -0.2) is 9.37 Å². The molecule has 1 amide bonds. The number of benzene rings is 1. The van der Waals surface area contributed by atoms with Gasteiger partial charge in [-0.3, -0.25) is 9.59 Å². The normalized spacial score (nSPS) is 17.7. The second-order valence-electron chi connectivity index (χ2n) is 5.85. The Balaban J connectivity index is 1.66. The molecule has 2 heterocycles. The van der Waals surface area contributed by atoms with Crippen LogP contribution in [-0.4, -0.2) is 40.0 Å². The molecule has 3 rings (SSSR count). The average Bonchev–Trinajstić information content (AvgIpc) is 3.03. The Bertz CT molecular complexity index is 762. The molecule has 1 aromatic heterocycles. The Morgan fingerprint density at radius 3 is 3.00 bits per heavy atom. The lowest BCUT2D eigenvalue weighted by Crippen LogP contribution is -2.43. The fourth-order valence-electron chi connectivity index (χ4n) is 2.81. The zero-order valence-electron chi connectivity index (χ0n) is 12.9. The van der Waals surface area contributed by atoms with Crippen LogP contribution in [-0.2, 0) is 16.0 Å². The van der Waals surface area contributed by atoms with Gasteiger partial charge in [-0.15, -0.1) is 11.3 Å². The van der Waals surface area contributed by atoms with Gasteiger partial charge in [0.2, 0.25) is 5.91 Å². The number of thiazole rings is 1. The van der Waals surface area contributed by atoms with E-state index in [1.54, 1.807) is 22.4 Å². The Hall–Kier alpha value is -2.28. The van der Waals surface area contributed by atoms with Crippen LogP contribution < -0.4 is 0 Å². The van der Waals surface area contributed by atoms with E-state index in [0.29, 0.717) is 35.7 Å². The number of hydrogen-bond acceptors (Lipinski definition) is 4. The Kier molecular flexibility index (Phi) is 4.89. The molecule has 5 nitrogen and oxygen atoms in total. The highest BCUT2D eigenvalue weighted by molar-refractivity contribution is 7.13. The van der Waals surface area contributed by atoms with Crippen molar-refractivity contribution in [2.75, 3.05) is 13.1 Å². The van der Waals surface area contributed by atoms with Gasteiger partial charge in [0.25, 0.3) is 0 Å². The first-order valence-electron chi connectivity index (χ1n) is 7.74. The molecule has 1 atom stereocenters. The molecule has 2 aromatic rings. The lowest BCUT2D eigenvalue weighted by atomic mass is 9.98. The maximum Gasteiger partial charge on any atom is 0.308 e. The van der Waals surface area contributed by atoms with Crippen molar-refractivity contribution in [1.29, 1.82) is 0 Å². The van der Waals surface area contributed by atoms with Crippen molar-refractivity contribution < 1.29 is 19.1 Å². The maximum absolute atomic E-state index is 13.3. The van der Waals surface area contributed by atoms with E-state index in [1.165, 1.54) is 23.5 Å². The van der Waals surface area contributed by atoms with Crippen molar-refractivity contribution in [2.45, 2.75) is 19.3 Å². The van der Waals surface area contributed by atoms with Gasteiger partial charge < -0.3 is 10.0 Å². The molecular weight excluding hydrogens is 331 g/mol. The van der Waals surface area contributed by atoms with Crippen molar-refractivity contribution in [3.63, 3.8) is 0 Å². The summed E-state index contributed by atoms with van der Waals surface area (Å²) in [6.45, 7) is 0.846. The summed E-state index contributed by atoms with van der Waals surface area (Å²) >= 11 is 1.36. The molecule has 1 aliphatic heterocycles. The number of carbonyl (C=O) groups is 2. The zero-order valence-corrected chi connectivity index (χ0v) is 13.8. The highest BCUT2D eigenvalue weighted by atomic mass is 32.1. The number of carboxylic acid groups (broad SMARTS) is 1. The van der Waals surface area contributed by atoms with Gasteiger partial charge in [-0.2, -0.15) is 0 Å². The van der Waals surface area contributed by atoms with Gasteiger partial charge in [0, 0.05) is 24.0 Å². The van der Waals surface area contributed by atoms with E-state index in [-0.39, 0.29) is 24.7 Å². The van der Waals surface area contributed by atoms with E-state index in [2.05, 4.69) is 4.98 Å². The van der Waals surface area contributed by atoms with Crippen LogP contribution in [0.25, 0.3) is 10.6 Å². The van der Waals surface area contributed by atoms with Crippen molar-refractivity contribution in [2.24, 2.45) is 5.92 Å². The largest absolute Gasteiger partial charge is 0.481 e. The summed E-state index contributed by atoms with van der Waals surface area (Å²) in [4.78, 5) is 29.5. The number of aliphatic carboxylic acids is 1. The van der Waals surface area contributed by atoms with Crippen LogP contribution in [0, 0.1) is 11.7 Å². The monoisotopic (exact) mass is 348 g/mol. The molecule has 0 unspecified atom stereocenters. The lowest BCUT2D eigenvalue weighted by Gasteiger charge is -2.30. The minimum atomic E-state index is -0.852. The number of piperidine rings is 1. The summed E-state index contributed by atoms with van der Waals surface area (Å²) in [5.74, 6) is -1.78. The summed E-state index contributed by atoms with van der Waals surface area (Å²) in [5, 5.41) is 11.6. The number of carbonyl (C=O) groups excluding carboxylic acids is 1. The molecule has 0 bridgehead atoms. The smallest absolute Gasteiger partial charge is 0.308 e. The minimum absolute atomic E-state index is 0.114. The van der Waals surface area contributed by atoms with Crippen LogP contribution in [0.3, 0.4) is 0 Å². The van der Waals surface area contributed by atoms with Crippen LogP contribution in [0.15, 0.2) is 29.6 Å². The average molecular weight is 348 g/mol. The number of hydrogen-bond donors (Lipinski definition) is 1. The molecule has 0 radical (unpaired) electrons. The highest BCUT2D eigenvalue weighted by Crippen LogP contribution is 2.25. The van der Waals surface area contributed by atoms with E-state index in [1.807, 2.05) is 0 Å². The van der Waals surface area contributed by atoms with Crippen LogP contribution in [0.2, 0.25) is 0 Å². The van der Waals surface area contributed by atoms with E-state index >= 15 is 0 Å². The fourth-order valence-corrected chi connectivity index (χ4v) is 3.63. The predicted octanol–water partition coefficient (Wildman–Crippen LogP) is 2.81. The Morgan fingerprint density at radius 2 is 2.25 bits per heavy atom. The Morgan fingerprint density at radius 1 is 1.42 bits per heavy atom. The van der Waals surface area contributed by atoms with Gasteiger partial charge in [0.1, 0.15) is 10.8 Å². The number of likely N-dealkylation sites (tertiary alicyclic amines) is 1. The zero-order chi connectivity index (χ0) is 17.1. The van der Waals surface area contributed by atoms with Gasteiger partial charge >= 0.3 is 5.97 Å². The van der Waals surface area contributed by atoms with Crippen molar-refractivity contribution in [1.82, 2.24) is 9.88 Å². The predicted molar refractivity (Wildman–Crippen MR) is 88.2 cm³/mol. The first kappa shape index (κ1) is 16.6. The quantitative estimate of drug-likeness (QED) is 0.922. The maximum atomic E-state index is 13.3. The van der Waals surface area contributed by atoms with Crippen LogP contribution in [0.5, 0.6) is 0 Å². The number of nitrogens with zero attached hydrogens (tertiary/aromatic N) is 2. The van der Waals surface area contributed by atoms with Crippen molar-refractivity contribution in [3.05, 3.63) is 41.2 Å². The van der Waals surface area contributed by atoms with Gasteiger partial charge in [0.15, 0.2) is 0 Å². The Labute approximate surface area is 142 Å². The van der Waals surface area contributed by atoms with Crippen LogP contribution in [0.4, 0.5) is 4.39 Å². The first-order chi connectivity index (χ1) is 11.5. The molecule has 1 saturated heterocycles. The van der Waals surface area contributed by atoms with Gasteiger partial charge in [0.05, 0.1) is 18.0 Å². The van der Waals surface area contributed by atoms with Crippen LogP contribution >= 0.6 is 11.3 Å². The van der Waals surface area contributed by atoms with Crippen LogP contribution in [0.1, 0.15) is 18.5 Å². The molecule has 24 heavy (non-hydrogen) atoms. The van der Waals surface area contributed by atoms with E-state index in [9.17, 15) is 14.0 Å².